The van der Waals surface area contributed by atoms with Gasteiger partial charge in [0.15, 0.2) is 11.5 Å². The van der Waals surface area contributed by atoms with Crippen molar-refractivity contribution in [2.45, 2.75) is 46.4 Å². The zero-order chi connectivity index (χ0) is 21.0. The average Bonchev–Trinajstić information content (AvgIpc) is 2.76. The van der Waals surface area contributed by atoms with Crippen molar-refractivity contribution in [3.05, 3.63) is 95.1 Å². The van der Waals surface area contributed by atoms with Gasteiger partial charge in [-0.3, -0.25) is 4.99 Å². The molecule has 0 aromatic heterocycles. The van der Waals surface area contributed by atoms with Crippen molar-refractivity contribution in [3.63, 3.8) is 0 Å². The van der Waals surface area contributed by atoms with Crippen molar-refractivity contribution in [1.82, 2.24) is 0 Å². The van der Waals surface area contributed by atoms with E-state index in [1.807, 2.05) is 42.6 Å². The van der Waals surface area contributed by atoms with Crippen LogP contribution in [0.3, 0.4) is 0 Å². The molecule has 0 saturated carbocycles. The van der Waals surface area contributed by atoms with Crippen LogP contribution in [0, 0.1) is 5.41 Å². The summed E-state index contributed by atoms with van der Waals surface area (Å²) < 4.78 is 12.4. The molecule has 154 valence electrons. The molecule has 3 aromatic carbocycles. The minimum Gasteiger partial charge on any atom is -0.485 e. The highest BCUT2D eigenvalue weighted by molar-refractivity contribution is 5.84. The van der Waals surface area contributed by atoms with Crippen LogP contribution in [-0.4, -0.2) is 12.3 Å². The lowest BCUT2D eigenvalue weighted by molar-refractivity contribution is 0.255. The Labute approximate surface area is 179 Å². The predicted octanol–water partition coefficient (Wildman–Crippen LogP) is 6.23. The van der Waals surface area contributed by atoms with Crippen molar-refractivity contribution in [2.75, 3.05) is 0 Å². The number of benzene rings is 3. The fraction of sp³-hybridized carbons (Fsp3) is 0.296. The Bertz CT molecular complexity index is 1000. The molecule has 0 fully saturated rings. The largest absolute Gasteiger partial charge is 0.485 e. The van der Waals surface area contributed by atoms with Crippen LogP contribution in [0.4, 0.5) is 0 Å². The van der Waals surface area contributed by atoms with Crippen LogP contribution in [0.15, 0.2) is 77.8 Å². The molecule has 0 bridgehead atoms. The predicted molar refractivity (Wildman–Crippen MR) is 123 cm³/mol. The zero-order valence-corrected chi connectivity index (χ0v) is 18.0. The molecule has 30 heavy (non-hydrogen) atoms. The molecule has 0 spiro atoms. The van der Waals surface area contributed by atoms with E-state index < -0.39 is 0 Å². The van der Waals surface area contributed by atoms with Crippen molar-refractivity contribution in [2.24, 2.45) is 10.4 Å². The van der Waals surface area contributed by atoms with E-state index in [1.165, 1.54) is 5.56 Å². The molecule has 0 aliphatic carbocycles. The fourth-order valence-corrected chi connectivity index (χ4v) is 3.57. The number of nitrogens with zero attached hydrogens (tertiary/aromatic N) is 1. The Balaban J connectivity index is 1.60. The zero-order valence-electron chi connectivity index (χ0n) is 18.0. The van der Waals surface area contributed by atoms with Gasteiger partial charge in [0, 0.05) is 6.21 Å². The second kappa shape index (κ2) is 8.74. The van der Waals surface area contributed by atoms with E-state index in [0.29, 0.717) is 13.2 Å². The van der Waals surface area contributed by atoms with E-state index in [1.54, 1.807) is 0 Å². The highest BCUT2D eigenvalue weighted by Gasteiger charge is 2.28. The van der Waals surface area contributed by atoms with Crippen LogP contribution in [-0.2, 0) is 19.6 Å². The summed E-state index contributed by atoms with van der Waals surface area (Å²) in [6, 6.07) is 24.9. The van der Waals surface area contributed by atoms with Gasteiger partial charge in [-0.1, -0.05) is 81.4 Å². The van der Waals surface area contributed by atoms with Crippen molar-refractivity contribution >= 4 is 6.21 Å². The van der Waals surface area contributed by atoms with E-state index in [-0.39, 0.29) is 11.5 Å². The standard InChI is InChI=1S/C27H29NO2/c1-27(2,3)26-16-22-14-24(29-18-20-10-6-4-7-11-20)25(15-23(22)17-28-26)30-19-21-12-8-5-9-13-21/h4-15,17,26H,16,18-19H2,1-3H3. The number of aliphatic imine (C=N–C) groups is 1. The van der Waals surface area contributed by atoms with E-state index in [0.717, 1.165) is 34.6 Å². The minimum absolute atomic E-state index is 0.127. The van der Waals surface area contributed by atoms with E-state index in [2.05, 4.69) is 57.2 Å². The van der Waals surface area contributed by atoms with Crippen molar-refractivity contribution in [3.8, 4) is 11.5 Å². The maximum Gasteiger partial charge on any atom is 0.162 e. The average molecular weight is 400 g/mol. The van der Waals surface area contributed by atoms with Crippen LogP contribution >= 0.6 is 0 Å². The molecule has 3 nitrogen and oxygen atoms in total. The summed E-state index contributed by atoms with van der Waals surface area (Å²) in [5, 5.41) is 0. The van der Waals surface area contributed by atoms with Crippen LogP contribution < -0.4 is 9.47 Å². The third kappa shape index (κ3) is 4.91. The highest BCUT2D eigenvalue weighted by atomic mass is 16.5. The second-order valence-electron chi connectivity index (χ2n) is 8.91. The smallest absolute Gasteiger partial charge is 0.162 e. The molecule has 0 N–H and O–H groups in total. The van der Waals surface area contributed by atoms with Gasteiger partial charge in [-0.2, -0.15) is 0 Å². The Morgan fingerprint density at radius 3 is 1.87 bits per heavy atom. The first kappa shape index (κ1) is 20.2. The third-order valence-corrected chi connectivity index (χ3v) is 5.49. The Hall–Kier alpha value is -3.07. The van der Waals surface area contributed by atoms with Gasteiger partial charge >= 0.3 is 0 Å². The molecule has 1 aliphatic rings. The first-order valence-corrected chi connectivity index (χ1v) is 10.5. The fourth-order valence-electron chi connectivity index (χ4n) is 3.57. The molecule has 3 aromatic rings. The number of fused-ring (bicyclic) bond motifs is 1. The molecular weight excluding hydrogens is 370 g/mol. The molecule has 1 unspecified atom stereocenters. The molecule has 4 rings (SSSR count). The summed E-state index contributed by atoms with van der Waals surface area (Å²) in [5.41, 5.74) is 4.77. The van der Waals surface area contributed by atoms with Gasteiger partial charge in [0.25, 0.3) is 0 Å². The van der Waals surface area contributed by atoms with Crippen LogP contribution in [0.1, 0.15) is 43.0 Å². The van der Waals surface area contributed by atoms with E-state index in [9.17, 15) is 0 Å². The molecule has 0 amide bonds. The number of hydrogen-bond donors (Lipinski definition) is 0. The van der Waals surface area contributed by atoms with Crippen LogP contribution in [0.2, 0.25) is 0 Å². The monoisotopic (exact) mass is 399 g/mol. The Morgan fingerprint density at radius 1 is 0.800 bits per heavy atom. The van der Waals surface area contributed by atoms with E-state index >= 15 is 0 Å². The molecular formula is C27H29NO2. The minimum atomic E-state index is 0.127. The maximum absolute atomic E-state index is 6.23. The summed E-state index contributed by atoms with van der Waals surface area (Å²) in [6.07, 6.45) is 2.90. The van der Waals surface area contributed by atoms with Crippen molar-refractivity contribution < 1.29 is 9.47 Å². The Morgan fingerprint density at radius 2 is 1.33 bits per heavy atom. The number of ether oxygens (including phenoxy) is 2. The lowest BCUT2D eigenvalue weighted by Crippen LogP contribution is -2.29. The normalized spacial score (nSPS) is 15.5. The number of rotatable bonds is 6. The molecule has 1 aliphatic heterocycles. The summed E-state index contributed by atoms with van der Waals surface area (Å²) in [5.74, 6) is 1.55. The first-order chi connectivity index (χ1) is 14.5. The number of hydrogen-bond acceptors (Lipinski definition) is 3. The summed E-state index contributed by atoms with van der Waals surface area (Å²) in [7, 11) is 0. The highest BCUT2D eigenvalue weighted by Crippen LogP contribution is 2.36. The summed E-state index contributed by atoms with van der Waals surface area (Å²) in [6.45, 7) is 7.74. The topological polar surface area (TPSA) is 30.8 Å². The van der Waals surface area contributed by atoms with Gasteiger partial charge in [-0.15, -0.1) is 0 Å². The SMILES string of the molecule is CC(C)(C)C1Cc2cc(OCc3ccccc3)c(OCc3ccccc3)cc2C=N1. The molecule has 0 radical (unpaired) electrons. The van der Waals surface area contributed by atoms with Gasteiger partial charge in [-0.05, 0) is 46.2 Å². The summed E-state index contributed by atoms with van der Waals surface area (Å²) >= 11 is 0. The lowest BCUT2D eigenvalue weighted by atomic mass is 9.81. The van der Waals surface area contributed by atoms with Gasteiger partial charge in [-0.25, -0.2) is 0 Å². The lowest BCUT2D eigenvalue weighted by Gasteiger charge is -2.30. The molecule has 1 atom stereocenters. The van der Waals surface area contributed by atoms with Crippen LogP contribution in [0.25, 0.3) is 0 Å². The van der Waals surface area contributed by atoms with Gasteiger partial charge in [0.05, 0.1) is 6.04 Å². The van der Waals surface area contributed by atoms with Gasteiger partial charge in [0.2, 0.25) is 0 Å². The third-order valence-electron chi connectivity index (χ3n) is 5.49. The first-order valence-electron chi connectivity index (χ1n) is 10.5. The molecule has 0 saturated heterocycles. The van der Waals surface area contributed by atoms with Crippen molar-refractivity contribution in [1.29, 1.82) is 0 Å². The second-order valence-corrected chi connectivity index (χ2v) is 8.91. The van der Waals surface area contributed by atoms with Crippen LogP contribution in [0.5, 0.6) is 11.5 Å². The van der Waals surface area contributed by atoms with E-state index in [4.69, 9.17) is 14.5 Å². The van der Waals surface area contributed by atoms with Gasteiger partial charge < -0.3 is 9.47 Å². The summed E-state index contributed by atoms with van der Waals surface area (Å²) in [4.78, 5) is 4.80. The van der Waals surface area contributed by atoms with Gasteiger partial charge in [0.1, 0.15) is 13.2 Å². The maximum atomic E-state index is 6.23. The quantitative estimate of drug-likeness (QED) is 0.492. The molecule has 3 heteroatoms. The Kier molecular flexibility index (Phi) is 5.89. The molecule has 1 heterocycles.